The van der Waals surface area contributed by atoms with Crippen molar-refractivity contribution in [3.8, 4) is 0 Å². The predicted molar refractivity (Wildman–Crippen MR) is 118 cm³/mol. The van der Waals surface area contributed by atoms with E-state index in [0.717, 1.165) is 22.5 Å². The molecular weight excluding hydrogens is 502 g/mol. The summed E-state index contributed by atoms with van der Waals surface area (Å²) in [5.74, 6) is -0.704. The van der Waals surface area contributed by atoms with Crippen LogP contribution in [-0.4, -0.2) is 37.2 Å². The topological polar surface area (TPSA) is 93.7 Å². The SMILES string of the molecule is NC(=O)C1CC[NH+](CC(=O)Nc2ccc(Br)cc2C(=O)c2ccccc2Br)CC1. The number of carbonyl (C=O) groups excluding carboxylic acids is 3. The van der Waals surface area contributed by atoms with Gasteiger partial charge in [0.15, 0.2) is 12.3 Å². The molecule has 0 aromatic heterocycles. The van der Waals surface area contributed by atoms with E-state index in [2.05, 4.69) is 37.2 Å². The molecule has 0 aliphatic carbocycles. The molecular formula is C21H22Br2N3O3+. The van der Waals surface area contributed by atoms with Gasteiger partial charge in [-0.2, -0.15) is 0 Å². The maximum absolute atomic E-state index is 13.1. The van der Waals surface area contributed by atoms with Gasteiger partial charge in [0.25, 0.3) is 5.91 Å². The number of nitrogens with two attached hydrogens (primary N) is 1. The summed E-state index contributed by atoms with van der Waals surface area (Å²) in [7, 11) is 0. The lowest BCUT2D eigenvalue weighted by molar-refractivity contribution is -0.897. The minimum Gasteiger partial charge on any atom is -0.369 e. The van der Waals surface area contributed by atoms with Crippen LogP contribution < -0.4 is 16.0 Å². The van der Waals surface area contributed by atoms with E-state index in [0.29, 0.717) is 34.1 Å². The molecule has 0 spiro atoms. The number of hydrogen-bond acceptors (Lipinski definition) is 3. The van der Waals surface area contributed by atoms with Crippen molar-refractivity contribution >= 4 is 55.1 Å². The lowest BCUT2D eigenvalue weighted by Crippen LogP contribution is -3.14. The van der Waals surface area contributed by atoms with Crippen LogP contribution in [0.25, 0.3) is 0 Å². The lowest BCUT2D eigenvalue weighted by atomic mass is 9.96. The third-order valence-corrected chi connectivity index (χ3v) is 6.31. The van der Waals surface area contributed by atoms with Crippen LogP contribution >= 0.6 is 31.9 Å². The number of likely N-dealkylation sites (tertiary alicyclic amines) is 1. The Morgan fingerprint density at radius 2 is 1.72 bits per heavy atom. The number of quaternary nitrogens is 1. The maximum atomic E-state index is 13.1. The molecule has 1 saturated heterocycles. The first kappa shape index (κ1) is 21.7. The Labute approximate surface area is 186 Å². The van der Waals surface area contributed by atoms with Crippen molar-refractivity contribution in [2.75, 3.05) is 25.0 Å². The number of nitrogens with one attached hydrogen (secondary N) is 2. The fraction of sp³-hybridized carbons (Fsp3) is 0.286. The van der Waals surface area contributed by atoms with Crippen LogP contribution in [0.2, 0.25) is 0 Å². The van der Waals surface area contributed by atoms with E-state index in [1.54, 1.807) is 30.3 Å². The molecule has 0 atom stereocenters. The largest absolute Gasteiger partial charge is 0.369 e. The maximum Gasteiger partial charge on any atom is 0.279 e. The molecule has 1 heterocycles. The molecule has 1 aliphatic heterocycles. The molecule has 4 N–H and O–H groups in total. The van der Waals surface area contributed by atoms with Gasteiger partial charge in [-0.05, 0) is 30.3 Å². The van der Waals surface area contributed by atoms with Crippen molar-refractivity contribution in [1.29, 1.82) is 0 Å². The van der Waals surface area contributed by atoms with Gasteiger partial charge in [-0.3, -0.25) is 14.4 Å². The highest BCUT2D eigenvalue weighted by Crippen LogP contribution is 2.27. The first-order chi connectivity index (χ1) is 13.8. The first-order valence-electron chi connectivity index (χ1n) is 9.36. The van der Waals surface area contributed by atoms with Gasteiger partial charge in [-0.1, -0.05) is 44.0 Å². The Hall–Kier alpha value is -2.03. The Morgan fingerprint density at radius 3 is 2.38 bits per heavy atom. The molecule has 0 saturated carbocycles. The van der Waals surface area contributed by atoms with Crippen LogP contribution in [0.1, 0.15) is 28.8 Å². The molecule has 6 nitrogen and oxygen atoms in total. The molecule has 8 heteroatoms. The molecule has 2 aromatic rings. The second kappa shape index (κ2) is 9.65. The zero-order valence-corrected chi connectivity index (χ0v) is 18.9. The van der Waals surface area contributed by atoms with Crippen LogP contribution in [0.4, 0.5) is 5.69 Å². The number of carbonyl (C=O) groups is 3. The van der Waals surface area contributed by atoms with Crippen molar-refractivity contribution in [1.82, 2.24) is 0 Å². The van der Waals surface area contributed by atoms with E-state index >= 15 is 0 Å². The predicted octanol–water partition coefficient (Wildman–Crippen LogP) is 2.16. The average Bonchev–Trinajstić information content (AvgIpc) is 2.69. The number of hydrogen-bond donors (Lipinski definition) is 3. The van der Waals surface area contributed by atoms with Gasteiger partial charge in [0.1, 0.15) is 0 Å². The van der Waals surface area contributed by atoms with Crippen molar-refractivity contribution in [3.63, 3.8) is 0 Å². The summed E-state index contributed by atoms with van der Waals surface area (Å²) in [5.41, 5.74) is 6.79. The van der Waals surface area contributed by atoms with Gasteiger partial charge in [-0.15, -0.1) is 0 Å². The van der Waals surface area contributed by atoms with Crippen LogP contribution in [0.15, 0.2) is 51.4 Å². The highest BCUT2D eigenvalue weighted by molar-refractivity contribution is 9.10. The third-order valence-electron chi connectivity index (χ3n) is 5.12. The van der Waals surface area contributed by atoms with E-state index in [9.17, 15) is 14.4 Å². The summed E-state index contributed by atoms with van der Waals surface area (Å²) in [4.78, 5) is 38.1. The van der Waals surface area contributed by atoms with Crippen molar-refractivity contribution < 1.29 is 19.3 Å². The van der Waals surface area contributed by atoms with E-state index < -0.39 is 0 Å². The number of primary amides is 1. The number of rotatable bonds is 6. The zero-order chi connectivity index (χ0) is 21.0. The molecule has 29 heavy (non-hydrogen) atoms. The standard InChI is InChI=1S/C21H21Br2N3O3/c22-14-5-6-18(16(11-14)20(28)15-3-1-2-4-17(15)23)25-19(27)12-26-9-7-13(8-10-26)21(24)29/h1-6,11,13H,7-10,12H2,(H2,24,29)(H,25,27)/p+1. The van der Waals surface area contributed by atoms with Gasteiger partial charge in [0.05, 0.1) is 18.8 Å². The Balaban J connectivity index is 1.71. The van der Waals surface area contributed by atoms with E-state index in [1.807, 2.05) is 12.1 Å². The third kappa shape index (κ3) is 5.52. The molecule has 0 unspecified atom stereocenters. The van der Waals surface area contributed by atoms with Gasteiger partial charge in [0.2, 0.25) is 5.91 Å². The van der Waals surface area contributed by atoms with Crippen molar-refractivity contribution in [2.45, 2.75) is 12.8 Å². The molecule has 0 radical (unpaired) electrons. The smallest absolute Gasteiger partial charge is 0.279 e. The van der Waals surface area contributed by atoms with Crippen LogP contribution in [0.3, 0.4) is 0 Å². The minimum absolute atomic E-state index is 0.0955. The second-order valence-corrected chi connectivity index (χ2v) is 8.92. The summed E-state index contributed by atoms with van der Waals surface area (Å²) in [6.45, 7) is 1.73. The molecule has 2 aromatic carbocycles. The monoisotopic (exact) mass is 522 g/mol. The van der Waals surface area contributed by atoms with Gasteiger partial charge < -0.3 is 16.0 Å². The molecule has 1 aliphatic rings. The molecule has 1 fully saturated rings. The van der Waals surface area contributed by atoms with Gasteiger partial charge >= 0.3 is 0 Å². The van der Waals surface area contributed by atoms with Crippen LogP contribution in [0, 0.1) is 5.92 Å². The summed E-state index contributed by atoms with van der Waals surface area (Å²) in [6, 6.07) is 12.4. The summed E-state index contributed by atoms with van der Waals surface area (Å²) in [5, 5.41) is 2.88. The first-order valence-corrected chi connectivity index (χ1v) is 10.9. The summed E-state index contributed by atoms with van der Waals surface area (Å²) in [6.07, 6.45) is 1.39. The lowest BCUT2D eigenvalue weighted by Gasteiger charge is -2.27. The van der Waals surface area contributed by atoms with Gasteiger partial charge in [-0.25, -0.2) is 0 Å². The Bertz CT molecular complexity index is 941. The highest BCUT2D eigenvalue weighted by Gasteiger charge is 2.27. The summed E-state index contributed by atoms with van der Waals surface area (Å²) < 4.78 is 1.45. The summed E-state index contributed by atoms with van der Waals surface area (Å²) >= 11 is 6.81. The number of anilines is 1. The quantitative estimate of drug-likeness (QED) is 0.506. The van der Waals surface area contributed by atoms with E-state index in [-0.39, 0.29) is 30.1 Å². The van der Waals surface area contributed by atoms with Crippen LogP contribution in [-0.2, 0) is 9.59 Å². The Kier molecular flexibility index (Phi) is 7.21. The zero-order valence-electron chi connectivity index (χ0n) is 15.7. The van der Waals surface area contributed by atoms with Gasteiger partial charge in [0, 0.05) is 38.8 Å². The normalized spacial score (nSPS) is 18.8. The fourth-order valence-corrected chi connectivity index (χ4v) is 4.34. The Morgan fingerprint density at radius 1 is 1.03 bits per heavy atom. The molecule has 0 bridgehead atoms. The minimum atomic E-state index is -0.265. The van der Waals surface area contributed by atoms with Crippen molar-refractivity contribution in [3.05, 3.63) is 62.5 Å². The molecule has 3 rings (SSSR count). The second-order valence-electron chi connectivity index (χ2n) is 7.15. The molecule has 152 valence electrons. The average molecular weight is 524 g/mol. The van der Waals surface area contributed by atoms with Crippen molar-refractivity contribution in [2.24, 2.45) is 11.7 Å². The number of benzene rings is 2. The van der Waals surface area contributed by atoms with Crippen LogP contribution in [0.5, 0.6) is 0 Å². The van der Waals surface area contributed by atoms with E-state index in [4.69, 9.17) is 5.73 Å². The van der Waals surface area contributed by atoms with E-state index in [1.165, 1.54) is 0 Å². The molecule has 2 amide bonds. The number of piperidine rings is 1. The number of halogens is 2. The number of ketones is 1. The number of amides is 2. The highest BCUT2D eigenvalue weighted by atomic mass is 79.9. The fourth-order valence-electron chi connectivity index (χ4n) is 3.51.